The Bertz CT molecular complexity index is 527. The molecule has 114 valence electrons. The van der Waals surface area contributed by atoms with Gasteiger partial charge in [0.05, 0.1) is 13.7 Å². The molecule has 1 amide bonds. The second-order valence-corrected chi connectivity index (χ2v) is 4.30. The topological polar surface area (TPSA) is 84.9 Å². The van der Waals surface area contributed by atoms with Crippen LogP contribution >= 0.6 is 0 Å². The van der Waals surface area contributed by atoms with Gasteiger partial charge in [-0.2, -0.15) is 0 Å². The van der Waals surface area contributed by atoms with E-state index in [-0.39, 0.29) is 17.2 Å². The van der Waals surface area contributed by atoms with Crippen LogP contribution in [0.3, 0.4) is 0 Å². The molecule has 0 radical (unpaired) electrons. The standard InChI is InChI=1S/C15H19NO5/c1-4-5-8-21-10(2)14(17)16-11-6-7-12(15(18)19)13(9-11)20-3/h4,6-7,9-10H,1,5,8H2,2-3H3,(H,16,17)(H,18,19). The Morgan fingerprint density at radius 1 is 1.48 bits per heavy atom. The van der Waals surface area contributed by atoms with E-state index >= 15 is 0 Å². The van der Waals surface area contributed by atoms with Crippen LogP contribution < -0.4 is 10.1 Å². The average Bonchev–Trinajstić information content (AvgIpc) is 2.46. The largest absolute Gasteiger partial charge is 0.496 e. The van der Waals surface area contributed by atoms with E-state index in [0.717, 1.165) is 0 Å². The van der Waals surface area contributed by atoms with E-state index in [4.69, 9.17) is 14.6 Å². The second-order valence-electron chi connectivity index (χ2n) is 4.30. The lowest BCUT2D eigenvalue weighted by atomic mass is 10.1. The summed E-state index contributed by atoms with van der Waals surface area (Å²) in [6, 6.07) is 4.33. The highest BCUT2D eigenvalue weighted by Gasteiger charge is 2.15. The van der Waals surface area contributed by atoms with Crippen LogP contribution in [0.2, 0.25) is 0 Å². The number of hydrogen-bond donors (Lipinski definition) is 2. The maximum absolute atomic E-state index is 11.9. The number of methoxy groups -OCH3 is 1. The van der Waals surface area contributed by atoms with Gasteiger partial charge in [0.2, 0.25) is 0 Å². The molecule has 0 heterocycles. The SMILES string of the molecule is C=CCCOC(C)C(=O)Nc1ccc(C(=O)O)c(OC)c1. The highest BCUT2D eigenvalue weighted by atomic mass is 16.5. The summed E-state index contributed by atoms with van der Waals surface area (Å²) in [5, 5.41) is 11.6. The molecule has 0 fully saturated rings. The van der Waals surface area contributed by atoms with Gasteiger partial charge in [0.25, 0.3) is 5.91 Å². The summed E-state index contributed by atoms with van der Waals surface area (Å²) in [6.07, 6.45) is 1.76. The molecule has 6 heteroatoms. The minimum Gasteiger partial charge on any atom is -0.496 e. The third-order valence-electron chi connectivity index (χ3n) is 2.76. The van der Waals surface area contributed by atoms with Crippen molar-refractivity contribution in [3.05, 3.63) is 36.4 Å². The van der Waals surface area contributed by atoms with Gasteiger partial charge in [0.1, 0.15) is 17.4 Å². The first-order valence-corrected chi connectivity index (χ1v) is 6.44. The number of hydrogen-bond acceptors (Lipinski definition) is 4. The fourth-order valence-electron chi connectivity index (χ4n) is 1.59. The van der Waals surface area contributed by atoms with Gasteiger partial charge in [-0.25, -0.2) is 4.79 Å². The van der Waals surface area contributed by atoms with Crippen molar-refractivity contribution in [1.29, 1.82) is 0 Å². The summed E-state index contributed by atoms with van der Waals surface area (Å²) in [5.74, 6) is -1.23. The third kappa shape index (κ3) is 4.92. The number of nitrogens with one attached hydrogen (secondary N) is 1. The molecule has 21 heavy (non-hydrogen) atoms. The van der Waals surface area contributed by atoms with Gasteiger partial charge in [-0.15, -0.1) is 6.58 Å². The first-order valence-electron chi connectivity index (χ1n) is 6.44. The number of benzene rings is 1. The minimum atomic E-state index is -1.09. The fourth-order valence-corrected chi connectivity index (χ4v) is 1.59. The smallest absolute Gasteiger partial charge is 0.339 e. The quantitative estimate of drug-likeness (QED) is 0.567. The van der Waals surface area contributed by atoms with Crippen LogP contribution in [0.1, 0.15) is 23.7 Å². The molecule has 0 aromatic heterocycles. The summed E-state index contributed by atoms with van der Waals surface area (Å²) in [5.41, 5.74) is 0.479. The Balaban J connectivity index is 2.72. The van der Waals surface area contributed by atoms with Crippen molar-refractivity contribution in [2.45, 2.75) is 19.4 Å². The lowest BCUT2D eigenvalue weighted by Gasteiger charge is -2.14. The predicted molar refractivity (Wildman–Crippen MR) is 78.8 cm³/mol. The summed E-state index contributed by atoms with van der Waals surface area (Å²) in [6.45, 7) is 5.63. The maximum Gasteiger partial charge on any atom is 0.339 e. The molecule has 0 aliphatic carbocycles. The normalized spacial score (nSPS) is 11.5. The lowest BCUT2D eigenvalue weighted by molar-refractivity contribution is -0.126. The number of amides is 1. The molecule has 0 aliphatic heterocycles. The van der Waals surface area contributed by atoms with Gasteiger partial charge in [-0.3, -0.25) is 4.79 Å². The number of anilines is 1. The number of rotatable bonds is 8. The number of aromatic carboxylic acids is 1. The highest BCUT2D eigenvalue weighted by Crippen LogP contribution is 2.23. The van der Waals surface area contributed by atoms with E-state index in [2.05, 4.69) is 11.9 Å². The lowest BCUT2D eigenvalue weighted by Crippen LogP contribution is -2.28. The fraction of sp³-hybridized carbons (Fsp3) is 0.333. The zero-order valence-corrected chi connectivity index (χ0v) is 12.1. The zero-order chi connectivity index (χ0) is 15.8. The number of carbonyl (C=O) groups is 2. The van der Waals surface area contributed by atoms with Crippen molar-refractivity contribution in [2.24, 2.45) is 0 Å². The van der Waals surface area contributed by atoms with E-state index < -0.39 is 12.1 Å². The molecule has 0 aliphatic rings. The van der Waals surface area contributed by atoms with E-state index in [1.807, 2.05) is 0 Å². The molecule has 1 unspecified atom stereocenters. The first-order chi connectivity index (χ1) is 9.99. The molecule has 0 saturated heterocycles. The van der Waals surface area contributed by atoms with Crippen molar-refractivity contribution < 1.29 is 24.2 Å². The molecule has 0 saturated carbocycles. The minimum absolute atomic E-state index is 0.0331. The Kier molecular flexibility index (Phi) is 6.42. The molecule has 6 nitrogen and oxygen atoms in total. The Hall–Kier alpha value is -2.34. The summed E-state index contributed by atoms with van der Waals surface area (Å²) in [7, 11) is 1.37. The maximum atomic E-state index is 11.9. The van der Waals surface area contributed by atoms with E-state index in [9.17, 15) is 9.59 Å². The molecule has 2 N–H and O–H groups in total. The van der Waals surface area contributed by atoms with Crippen molar-refractivity contribution in [2.75, 3.05) is 19.0 Å². The van der Waals surface area contributed by atoms with Gasteiger partial charge in [0, 0.05) is 11.8 Å². The molecule has 1 aromatic carbocycles. The Labute approximate surface area is 123 Å². The van der Waals surface area contributed by atoms with Crippen LogP contribution in [-0.4, -0.2) is 36.8 Å². The van der Waals surface area contributed by atoms with Crippen molar-refractivity contribution in [1.82, 2.24) is 0 Å². The van der Waals surface area contributed by atoms with Gasteiger partial charge >= 0.3 is 5.97 Å². The Morgan fingerprint density at radius 3 is 2.76 bits per heavy atom. The Morgan fingerprint density at radius 2 is 2.19 bits per heavy atom. The van der Waals surface area contributed by atoms with Crippen molar-refractivity contribution in [3.8, 4) is 5.75 Å². The summed E-state index contributed by atoms with van der Waals surface area (Å²) in [4.78, 5) is 22.9. The molecule has 1 rings (SSSR count). The molecule has 1 aromatic rings. The van der Waals surface area contributed by atoms with E-state index in [1.54, 1.807) is 13.0 Å². The first kappa shape index (κ1) is 16.7. The third-order valence-corrected chi connectivity index (χ3v) is 2.76. The number of carboxylic acid groups (broad SMARTS) is 1. The molecule has 1 atom stereocenters. The monoisotopic (exact) mass is 293 g/mol. The summed E-state index contributed by atoms with van der Waals surface area (Å²) < 4.78 is 10.3. The average molecular weight is 293 g/mol. The predicted octanol–water partition coefficient (Wildman–Crippen LogP) is 2.31. The highest BCUT2D eigenvalue weighted by molar-refractivity contribution is 5.96. The number of carbonyl (C=O) groups excluding carboxylic acids is 1. The van der Waals surface area contributed by atoms with Crippen LogP contribution in [0.25, 0.3) is 0 Å². The molecule has 0 spiro atoms. The molecular weight excluding hydrogens is 274 g/mol. The van der Waals surface area contributed by atoms with Gasteiger partial charge in [0.15, 0.2) is 0 Å². The number of carboxylic acids is 1. The van der Waals surface area contributed by atoms with Crippen LogP contribution in [0.4, 0.5) is 5.69 Å². The van der Waals surface area contributed by atoms with Crippen LogP contribution in [-0.2, 0) is 9.53 Å². The summed E-state index contributed by atoms with van der Waals surface area (Å²) >= 11 is 0. The van der Waals surface area contributed by atoms with Crippen LogP contribution in [0.15, 0.2) is 30.9 Å². The van der Waals surface area contributed by atoms with E-state index in [1.165, 1.54) is 25.3 Å². The van der Waals surface area contributed by atoms with Gasteiger partial charge < -0.3 is 19.9 Å². The molecule has 0 bridgehead atoms. The second kappa shape index (κ2) is 8.06. The van der Waals surface area contributed by atoms with E-state index in [0.29, 0.717) is 18.7 Å². The van der Waals surface area contributed by atoms with Gasteiger partial charge in [-0.1, -0.05) is 6.08 Å². The van der Waals surface area contributed by atoms with Crippen LogP contribution in [0.5, 0.6) is 5.75 Å². The number of ether oxygens (including phenoxy) is 2. The van der Waals surface area contributed by atoms with Crippen molar-refractivity contribution >= 4 is 17.6 Å². The zero-order valence-electron chi connectivity index (χ0n) is 12.1. The van der Waals surface area contributed by atoms with Crippen molar-refractivity contribution in [3.63, 3.8) is 0 Å². The van der Waals surface area contributed by atoms with Gasteiger partial charge in [-0.05, 0) is 25.5 Å². The molecular formula is C15H19NO5. The van der Waals surface area contributed by atoms with Crippen LogP contribution in [0, 0.1) is 0 Å².